The third-order valence-corrected chi connectivity index (χ3v) is 3.13. The van der Waals surface area contributed by atoms with Crippen molar-refractivity contribution in [3.8, 4) is 0 Å². The van der Waals surface area contributed by atoms with Crippen LogP contribution in [0.3, 0.4) is 0 Å². The van der Waals surface area contributed by atoms with Crippen LogP contribution >= 0.6 is 27.5 Å². The molecule has 0 saturated carbocycles. The minimum absolute atomic E-state index is 0.442. The normalized spacial score (nSPS) is 10.4. The lowest BCUT2D eigenvalue weighted by molar-refractivity contribution is 0.108. The molecule has 0 radical (unpaired) electrons. The molecule has 70 valence electrons. The van der Waals surface area contributed by atoms with Crippen LogP contribution in [0, 0.1) is 0 Å². The Morgan fingerprint density at radius 2 is 1.86 bits per heavy atom. The van der Waals surface area contributed by atoms with Gasteiger partial charge in [-0.3, -0.25) is 4.79 Å². The van der Waals surface area contributed by atoms with Gasteiger partial charge in [0.05, 0.1) is 0 Å². The molecular formula is C11H6BrClO. The Morgan fingerprint density at radius 3 is 2.57 bits per heavy atom. The first-order valence-electron chi connectivity index (χ1n) is 4.07. The van der Waals surface area contributed by atoms with E-state index in [1.165, 1.54) is 0 Å². The Kier molecular flexibility index (Phi) is 2.57. The van der Waals surface area contributed by atoms with E-state index in [1.54, 1.807) is 6.07 Å². The van der Waals surface area contributed by atoms with Crippen LogP contribution in [0.25, 0.3) is 10.8 Å². The van der Waals surface area contributed by atoms with Crippen LogP contribution in [-0.4, -0.2) is 5.24 Å². The molecule has 0 fully saturated rings. The molecule has 0 spiro atoms. The van der Waals surface area contributed by atoms with Gasteiger partial charge in [-0.2, -0.15) is 0 Å². The van der Waals surface area contributed by atoms with E-state index in [0.29, 0.717) is 5.56 Å². The Bertz CT molecular complexity index is 508. The summed E-state index contributed by atoms with van der Waals surface area (Å²) in [5.74, 6) is 0. The fourth-order valence-corrected chi connectivity index (χ4v) is 2.33. The highest BCUT2D eigenvalue weighted by Crippen LogP contribution is 2.28. The molecule has 0 amide bonds. The van der Waals surface area contributed by atoms with Crippen LogP contribution in [0.5, 0.6) is 0 Å². The first-order chi connectivity index (χ1) is 6.70. The fourth-order valence-electron chi connectivity index (χ4n) is 1.39. The summed E-state index contributed by atoms with van der Waals surface area (Å²) in [4.78, 5) is 11.0. The highest BCUT2D eigenvalue weighted by atomic mass is 79.9. The SMILES string of the molecule is O=C(Cl)c1ccc2ccccc2c1Br. The molecule has 0 aliphatic heterocycles. The quantitative estimate of drug-likeness (QED) is 0.716. The van der Waals surface area contributed by atoms with Gasteiger partial charge in [0, 0.05) is 10.0 Å². The Labute approximate surface area is 94.8 Å². The van der Waals surface area contributed by atoms with Crippen molar-refractivity contribution in [1.29, 1.82) is 0 Å². The zero-order valence-corrected chi connectivity index (χ0v) is 9.47. The summed E-state index contributed by atoms with van der Waals surface area (Å²) < 4.78 is 0.760. The van der Waals surface area contributed by atoms with Crippen molar-refractivity contribution in [2.45, 2.75) is 0 Å². The number of hydrogen-bond donors (Lipinski definition) is 0. The van der Waals surface area contributed by atoms with E-state index in [0.717, 1.165) is 15.2 Å². The molecule has 0 heterocycles. The minimum atomic E-state index is -0.442. The smallest absolute Gasteiger partial charge is 0.253 e. The third kappa shape index (κ3) is 1.56. The first kappa shape index (κ1) is 9.69. The monoisotopic (exact) mass is 268 g/mol. The second-order valence-electron chi connectivity index (χ2n) is 2.92. The topological polar surface area (TPSA) is 17.1 Å². The maximum atomic E-state index is 11.0. The maximum Gasteiger partial charge on any atom is 0.253 e. The first-order valence-corrected chi connectivity index (χ1v) is 5.24. The average molecular weight is 270 g/mol. The molecule has 3 heteroatoms. The predicted octanol–water partition coefficient (Wildman–Crippen LogP) is 3.98. The number of benzene rings is 2. The number of rotatable bonds is 1. The highest BCUT2D eigenvalue weighted by molar-refractivity contribution is 9.10. The molecule has 2 aromatic rings. The standard InChI is InChI=1S/C11H6BrClO/c12-10-8-4-2-1-3-7(8)5-6-9(10)11(13)14/h1-6H. The van der Waals surface area contributed by atoms with Gasteiger partial charge in [-0.25, -0.2) is 0 Å². The lowest BCUT2D eigenvalue weighted by Crippen LogP contribution is -1.90. The van der Waals surface area contributed by atoms with Gasteiger partial charge in [0.1, 0.15) is 0 Å². The Morgan fingerprint density at radius 1 is 1.14 bits per heavy atom. The summed E-state index contributed by atoms with van der Waals surface area (Å²) in [5, 5.41) is 1.64. The molecule has 0 atom stereocenters. The molecule has 0 unspecified atom stereocenters. The number of hydrogen-bond acceptors (Lipinski definition) is 1. The molecule has 0 aliphatic rings. The van der Waals surface area contributed by atoms with Gasteiger partial charge in [-0.05, 0) is 44.4 Å². The van der Waals surface area contributed by atoms with Gasteiger partial charge in [0.2, 0.25) is 0 Å². The molecule has 2 aromatic carbocycles. The van der Waals surface area contributed by atoms with Crippen molar-refractivity contribution in [2.75, 3.05) is 0 Å². The maximum absolute atomic E-state index is 11.0. The lowest BCUT2D eigenvalue weighted by Gasteiger charge is -2.03. The summed E-state index contributed by atoms with van der Waals surface area (Å²) in [6.45, 7) is 0. The molecule has 2 rings (SSSR count). The second kappa shape index (κ2) is 3.71. The van der Waals surface area contributed by atoms with Crippen molar-refractivity contribution in [3.63, 3.8) is 0 Å². The molecular weight excluding hydrogens is 263 g/mol. The van der Waals surface area contributed by atoms with Crippen molar-refractivity contribution in [2.24, 2.45) is 0 Å². The van der Waals surface area contributed by atoms with E-state index in [1.807, 2.05) is 30.3 Å². The number of carbonyl (C=O) groups is 1. The molecule has 0 bridgehead atoms. The van der Waals surface area contributed by atoms with Crippen LogP contribution in [0.2, 0.25) is 0 Å². The summed E-state index contributed by atoms with van der Waals surface area (Å²) in [5.41, 5.74) is 0.505. The van der Waals surface area contributed by atoms with Crippen molar-refractivity contribution in [3.05, 3.63) is 46.4 Å². The van der Waals surface area contributed by atoms with Crippen molar-refractivity contribution in [1.82, 2.24) is 0 Å². The van der Waals surface area contributed by atoms with Gasteiger partial charge >= 0.3 is 0 Å². The third-order valence-electron chi connectivity index (χ3n) is 2.08. The van der Waals surface area contributed by atoms with Crippen LogP contribution in [0.1, 0.15) is 10.4 Å². The zero-order valence-electron chi connectivity index (χ0n) is 7.13. The van der Waals surface area contributed by atoms with Crippen molar-refractivity contribution >= 4 is 43.5 Å². The average Bonchev–Trinajstić information content (AvgIpc) is 2.18. The van der Waals surface area contributed by atoms with E-state index >= 15 is 0 Å². The molecule has 0 saturated heterocycles. The van der Waals surface area contributed by atoms with Crippen LogP contribution in [0.15, 0.2) is 40.9 Å². The summed E-state index contributed by atoms with van der Waals surface area (Å²) >= 11 is 8.82. The minimum Gasteiger partial charge on any atom is -0.276 e. The number of fused-ring (bicyclic) bond motifs is 1. The van der Waals surface area contributed by atoms with Crippen LogP contribution < -0.4 is 0 Å². The molecule has 1 nitrogen and oxygen atoms in total. The van der Waals surface area contributed by atoms with Gasteiger partial charge < -0.3 is 0 Å². The number of halogens is 2. The Hall–Kier alpha value is -0.860. The zero-order chi connectivity index (χ0) is 10.1. The fraction of sp³-hybridized carbons (Fsp3) is 0. The van der Waals surface area contributed by atoms with Gasteiger partial charge in [-0.15, -0.1) is 0 Å². The van der Waals surface area contributed by atoms with Crippen LogP contribution in [0.4, 0.5) is 0 Å². The molecule has 0 aliphatic carbocycles. The summed E-state index contributed by atoms with van der Waals surface area (Å²) in [6, 6.07) is 11.4. The summed E-state index contributed by atoms with van der Waals surface area (Å²) in [7, 11) is 0. The Balaban J connectivity index is 2.81. The number of carbonyl (C=O) groups excluding carboxylic acids is 1. The van der Waals surface area contributed by atoms with E-state index in [-0.39, 0.29) is 0 Å². The van der Waals surface area contributed by atoms with E-state index < -0.39 is 5.24 Å². The van der Waals surface area contributed by atoms with Crippen LogP contribution in [-0.2, 0) is 0 Å². The lowest BCUT2D eigenvalue weighted by atomic mass is 10.1. The van der Waals surface area contributed by atoms with Crippen molar-refractivity contribution < 1.29 is 4.79 Å². The van der Waals surface area contributed by atoms with E-state index in [9.17, 15) is 4.79 Å². The molecule has 0 aromatic heterocycles. The molecule has 14 heavy (non-hydrogen) atoms. The largest absolute Gasteiger partial charge is 0.276 e. The highest BCUT2D eigenvalue weighted by Gasteiger charge is 2.09. The predicted molar refractivity (Wildman–Crippen MR) is 61.8 cm³/mol. The second-order valence-corrected chi connectivity index (χ2v) is 4.06. The molecule has 0 N–H and O–H groups in total. The van der Waals surface area contributed by atoms with Gasteiger partial charge in [0.25, 0.3) is 5.24 Å². The summed E-state index contributed by atoms with van der Waals surface area (Å²) in [6.07, 6.45) is 0. The van der Waals surface area contributed by atoms with E-state index in [2.05, 4.69) is 15.9 Å². The van der Waals surface area contributed by atoms with Gasteiger partial charge in [-0.1, -0.05) is 30.3 Å². The van der Waals surface area contributed by atoms with E-state index in [4.69, 9.17) is 11.6 Å². The van der Waals surface area contributed by atoms with Gasteiger partial charge in [0.15, 0.2) is 0 Å².